The first-order chi connectivity index (χ1) is 12.5. The van der Waals surface area contributed by atoms with Gasteiger partial charge in [-0.3, -0.25) is 10.3 Å². The second-order valence-corrected chi connectivity index (χ2v) is 6.71. The minimum Gasteiger partial charge on any atom is -0.490 e. The zero-order valence-electron chi connectivity index (χ0n) is 16.1. The average molecular weight is 355 g/mol. The molecule has 0 bridgehead atoms. The van der Waals surface area contributed by atoms with E-state index in [0.717, 1.165) is 30.0 Å². The van der Waals surface area contributed by atoms with Gasteiger partial charge in [-0.05, 0) is 38.2 Å². The largest absolute Gasteiger partial charge is 0.490 e. The second-order valence-electron chi connectivity index (χ2n) is 6.71. The van der Waals surface area contributed by atoms with Crippen LogP contribution in [0.4, 0.5) is 5.95 Å². The van der Waals surface area contributed by atoms with Crippen molar-refractivity contribution in [2.75, 3.05) is 18.5 Å². The number of nitrogens with one attached hydrogen (secondary N) is 1. The third-order valence-electron chi connectivity index (χ3n) is 3.91. The number of hydrogen-bond acceptors (Lipinski definition) is 4. The smallest absolute Gasteiger partial charge is 0.230 e. The quantitative estimate of drug-likeness (QED) is 0.559. The molecule has 0 spiro atoms. The maximum Gasteiger partial charge on any atom is 0.230 e. The third-order valence-corrected chi connectivity index (χ3v) is 3.91. The van der Waals surface area contributed by atoms with Crippen LogP contribution in [0.1, 0.15) is 37.2 Å². The second kappa shape index (κ2) is 9.75. The summed E-state index contributed by atoms with van der Waals surface area (Å²) in [6.07, 6.45) is 1.84. The van der Waals surface area contributed by atoms with E-state index >= 15 is 0 Å². The van der Waals surface area contributed by atoms with Gasteiger partial charge in [-0.25, -0.2) is 9.97 Å². The Morgan fingerprint density at radius 2 is 1.81 bits per heavy atom. The number of aliphatic imine (C=N–C) groups is 1. The fourth-order valence-electron chi connectivity index (χ4n) is 2.47. The minimum atomic E-state index is 0.313. The number of aromatic nitrogens is 2. The summed E-state index contributed by atoms with van der Waals surface area (Å²) in [4.78, 5) is 13.2. The number of guanidine groups is 1. The molecule has 3 N–H and O–H groups in total. The van der Waals surface area contributed by atoms with Gasteiger partial charge in [0, 0.05) is 6.54 Å². The number of hydrogen-bond donors (Lipinski definition) is 2. The SMILES string of the molecule is Cc1nc(NC(N)=NCCc2ccccc2)nc(C)c1OCCC(C)C. The molecule has 26 heavy (non-hydrogen) atoms. The van der Waals surface area contributed by atoms with Gasteiger partial charge in [0.2, 0.25) is 5.95 Å². The molecule has 0 atom stereocenters. The van der Waals surface area contributed by atoms with Crippen LogP contribution < -0.4 is 15.8 Å². The van der Waals surface area contributed by atoms with Gasteiger partial charge in [-0.1, -0.05) is 44.2 Å². The Bertz CT molecular complexity index is 705. The lowest BCUT2D eigenvalue weighted by atomic mass is 10.1. The maximum atomic E-state index is 5.95. The number of rotatable bonds is 8. The first-order valence-electron chi connectivity index (χ1n) is 9.04. The summed E-state index contributed by atoms with van der Waals surface area (Å²) in [5, 5.41) is 2.96. The van der Waals surface area contributed by atoms with E-state index in [-0.39, 0.29) is 0 Å². The summed E-state index contributed by atoms with van der Waals surface area (Å²) < 4.78 is 5.84. The van der Waals surface area contributed by atoms with Crippen molar-refractivity contribution in [3.63, 3.8) is 0 Å². The zero-order chi connectivity index (χ0) is 18.9. The predicted octanol–water partition coefficient (Wildman–Crippen LogP) is 3.49. The molecule has 2 aromatic rings. The van der Waals surface area contributed by atoms with Crippen LogP contribution in [-0.4, -0.2) is 29.1 Å². The molecule has 0 aliphatic rings. The molecule has 0 saturated heterocycles. The Labute approximate surface area is 155 Å². The van der Waals surface area contributed by atoms with Gasteiger partial charge >= 0.3 is 0 Å². The highest BCUT2D eigenvalue weighted by molar-refractivity contribution is 5.90. The molecule has 2 rings (SSSR count). The molecule has 0 fully saturated rings. The molecule has 0 amide bonds. The highest BCUT2D eigenvalue weighted by Crippen LogP contribution is 2.21. The fraction of sp³-hybridized carbons (Fsp3) is 0.450. The van der Waals surface area contributed by atoms with Crippen molar-refractivity contribution in [3.05, 3.63) is 47.3 Å². The van der Waals surface area contributed by atoms with Crippen molar-refractivity contribution in [1.82, 2.24) is 9.97 Å². The molecule has 0 aliphatic carbocycles. The Hall–Kier alpha value is -2.63. The van der Waals surface area contributed by atoms with Crippen LogP contribution >= 0.6 is 0 Å². The highest BCUT2D eigenvalue weighted by Gasteiger charge is 2.10. The van der Waals surface area contributed by atoms with Crippen LogP contribution in [0.3, 0.4) is 0 Å². The molecular weight excluding hydrogens is 326 g/mol. The number of anilines is 1. The lowest BCUT2D eigenvalue weighted by Gasteiger charge is -2.13. The van der Waals surface area contributed by atoms with Crippen molar-refractivity contribution in [3.8, 4) is 5.75 Å². The summed E-state index contributed by atoms with van der Waals surface area (Å²) >= 11 is 0. The van der Waals surface area contributed by atoms with Crippen LogP contribution in [0.2, 0.25) is 0 Å². The molecule has 0 aliphatic heterocycles. The highest BCUT2D eigenvalue weighted by atomic mass is 16.5. The summed E-state index contributed by atoms with van der Waals surface area (Å²) in [6, 6.07) is 10.2. The molecule has 0 unspecified atom stereocenters. The zero-order valence-corrected chi connectivity index (χ0v) is 16.1. The van der Waals surface area contributed by atoms with Crippen molar-refractivity contribution in [2.24, 2.45) is 16.6 Å². The van der Waals surface area contributed by atoms with E-state index in [1.165, 1.54) is 5.56 Å². The van der Waals surface area contributed by atoms with Crippen molar-refractivity contribution in [2.45, 2.75) is 40.5 Å². The molecule has 6 heteroatoms. The Morgan fingerprint density at radius 3 is 2.42 bits per heavy atom. The Kier molecular flexibility index (Phi) is 7.38. The van der Waals surface area contributed by atoms with Gasteiger partial charge in [-0.2, -0.15) is 0 Å². The summed E-state index contributed by atoms with van der Waals surface area (Å²) in [7, 11) is 0. The van der Waals surface area contributed by atoms with Crippen LogP contribution in [0.5, 0.6) is 5.75 Å². The van der Waals surface area contributed by atoms with Crippen molar-refractivity contribution >= 4 is 11.9 Å². The molecule has 0 saturated carbocycles. The number of benzene rings is 1. The summed E-state index contributed by atoms with van der Waals surface area (Å²) in [5.74, 6) is 2.10. The molecule has 1 heterocycles. The van der Waals surface area contributed by atoms with E-state index in [0.29, 0.717) is 31.0 Å². The van der Waals surface area contributed by atoms with Crippen molar-refractivity contribution < 1.29 is 4.74 Å². The number of ether oxygens (including phenoxy) is 1. The van der Waals surface area contributed by atoms with E-state index in [2.05, 4.69) is 46.3 Å². The van der Waals surface area contributed by atoms with Gasteiger partial charge in [0.05, 0.1) is 18.0 Å². The van der Waals surface area contributed by atoms with E-state index in [1.54, 1.807) is 0 Å². The lowest BCUT2D eigenvalue weighted by molar-refractivity contribution is 0.283. The number of nitrogens with two attached hydrogens (primary N) is 1. The predicted molar refractivity (Wildman–Crippen MR) is 107 cm³/mol. The number of nitrogens with zero attached hydrogens (tertiary/aromatic N) is 3. The summed E-state index contributed by atoms with van der Waals surface area (Å²) in [6.45, 7) is 9.44. The summed E-state index contributed by atoms with van der Waals surface area (Å²) in [5.41, 5.74) is 8.77. The molecule has 0 radical (unpaired) electrons. The third kappa shape index (κ3) is 6.35. The standard InChI is InChI=1S/C20H29N5O/c1-14(2)11-13-26-18-15(3)23-20(24-16(18)4)25-19(21)22-12-10-17-8-6-5-7-9-17/h5-9,14H,10-13H2,1-4H3,(H3,21,22,23,24,25). The van der Waals surface area contributed by atoms with Gasteiger partial charge < -0.3 is 10.5 Å². The van der Waals surface area contributed by atoms with Crippen LogP contribution in [0, 0.1) is 19.8 Å². The molecular formula is C20H29N5O. The molecule has 1 aromatic heterocycles. The number of aryl methyl sites for hydroxylation is 2. The van der Waals surface area contributed by atoms with E-state index in [9.17, 15) is 0 Å². The van der Waals surface area contributed by atoms with Crippen LogP contribution in [0.25, 0.3) is 0 Å². The molecule has 140 valence electrons. The van der Waals surface area contributed by atoms with Gasteiger partial charge in [-0.15, -0.1) is 0 Å². The van der Waals surface area contributed by atoms with E-state index in [1.807, 2.05) is 32.0 Å². The van der Waals surface area contributed by atoms with Crippen LogP contribution in [-0.2, 0) is 6.42 Å². The van der Waals surface area contributed by atoms with Crippen molar-refractivity contribution in [1.29, 1.82) is 0 Å². The van der Waals surface area contributed by atoms with Crippen LogP contribution in [0.15, 0.2) is 35.3 Å². The maximum absolute atomic E-state index is 5.95. The van der Waals surface area contributed by atoms with Gasteiger partial charge in [0.1, 0.15) is 0 Å². The monoisotopic (exact) mass is 355 g/mol. The topological polar surface area (TPSA) is 85.4 Å². The molecule has 1 aromatic carbocycles. The lowest BCUT2D eigenvalue weighted by Crippen LogP contribution is -2.25. The Morgan fingerprint density at radius 1 is 1.15 bits per heavy atom. The Balaban J connectivity index is 1.92. The first kappa shape index (κ1) is 19.7. The minimum absolute atomic E-state index is 0.313. The van der Waals surface area contributed by atoms with Gasteiger partial charge in [0.15, 0.2) is 11.7 Å². The fourth-order valence-corrected chi connectivity index (χ4v) is 2.47. The first-order valence-corrected chi connectivity index (χ1v) is 9.04. The average Bonchev–Trinajstić information content (AvgIpc) is 2.58. The van der Waals surface area contributed by atoms with Gasteiger partial charge in [0.25, 0.3) is 0 Å². The van der Waals surface area contributed by atoms with E-state index in [4.69, 9.17) is 10.5 Å². The normalized spacial score (nSPS) is 11.7. The van der Waals surface area contributed by atoms with E-state index < -0.39 is 0 Å². The molecule has 6 nitrogen and oxygen atoms in total.